The average molecular weight is 324 g/mol. The van der Waals surface area contributed by atoms with Gasteiger partial charge in [-0.3, -0.25) is 0 Å². The first-order chi connectivity index (χ1) is 10.7. The van der Waals surface area contributed by atoms with Crippen LogP contribution >= 0.6 is 23.1 Å². The van der Waals surface area contributed by atoms with Gasteiger partial charge in [0.05, 0.1) is 23.9 Å². The lowest BCUT2D eigenvalue weighted by atomic mass is 9.56. The molecule has 1 fully saturated rings. The van der Waals surface area contributed by atoms with Crippen molar-refractivity contribution in [3.8, 4) is 18.2 Å². The van der Waals surface area contributed by atoms with Crippen LogP contribution in [0.25, 0.3) is 0 Å². The van der Waals surface area contributed by atoms with E-state index < -0.39 is 11.3 Å². The van der Waals surface area contributed by atoms with Gasteiger partial charge in [0.1, 0.15) is 5.92 Å². The highest BCUT2D eigenvalue weighted by Gasteiger charge is 2.57. The third-order valence-corrected chi connectivity index (χ3v) is 6.36. The van der Waals surface area contributed by atoms with E-state index in [-0.39, 0.29) is 17.5 Å². The van der Waals surface area contributed by atoms with Gasteiger partial charge in [-0.25, -0.2) is 0 Å². The summed E-state index contributed by atoms with van der Waals surface area (Å²) in [4.78, 5) is 0.947. The molecule has 0 bridgehead atoms. The summed E-state index contributed by atoms with van der Waals surface area (Å²) in [6.07, 6.45) is 2.01. The molecule has 2 heterocycles. The second-order valence-electron chi connectivity index (χ2n) is 5.35. The first-order valence-electron chi connectivity index (χ1n) is 6.81. The standard InChI is InChI=1S/C16H12N4S2/c17-6-11-10-3-5-21-7-12(10)14(13-2-1-4-22-13)16(8-18,9-19)15(11)20/h1-4,11-12,14,20H,5,7H2/t11-,12+,14-/m1/s1. The van der Waals surface area contributed by atoms with Gasteiger partial charge in [0.15, 0.2) is 5.41 Å². The van der Waals surface area contributed by atoms with Gasteiger partial charge in [0.25, 0.3) is 0 Å². The van der Waals surface area contributed by atoms with Crippen molar-refractivity contribution in [2.24, 2.45) is 17.3 Å². The van der Waals surface area contributed by atoms with Gasteiger partial charge in [-0.15, -0.1) is 11.3 Å². The van der Waals surface area contributed by atoms with Gasteiger partial charge in [0, 0.05) is 28.2 Å². The molecule has 108 valence electrons. The molecule has 1 saturated carbocycles. The lowest BCUT2D eigenvalue weighted by Crippen LogP contribution is -2.49. The Balaban J connectivity index is 2.25. The number of hydrogen-bond acceptors (Lipinski definition) is 6. The van der Waals surface area contributed by atoms with E-state index in [1.165, 1.54) is 11.3 Å². The first kappa shape index (κ1) is 14.9. The van der Waals surface area contributed by atoms with Crippen LogP contribution in [-0.2, 0) is 0 Å². The Kier molecular flexibility index (Phi) is 3.79. The van der Waals surface area contributed by atoms with Gasteiger partial charge < -0.3 is 5.41 Å². The van der Waals surface area contributed by atoms with Gasteiger partial charge in [-0.1, -0.05) is 12.1 Å². The Morgan fingerprint density at radius 2 is 2.05 bits per heavy atom. The quantitative estimate of drug-likeness (QED) is 0.801. The van der Waals surface area contributed by atoms with Gasteiger partial charge in [0.2, 0.25) is 0 Å². The number of fused-ring (bicyclic) bond motifs is 1. The zero-order valence-electron chi connectivity index (χ0n) is 11.6. The maximum absolute atomic E-state index is 9.74. The summed E-state index contributed by atoms with van der Waals surface area (Å²) in [6, 6.07) is 10.1. The number of rotatable bonds is 1. The predicted octanol–water partition coefficient (Wildman–Crippen LogP) is 3.33. The van der Waals surface area contributed by atoms with E-state index in [4.69, 9.17) is 5.41 Å². The normalized spacial score (nSPS) is 29.4. The fourth-order valence-corrected chi connectivity index (χ4v) is 5.43. The molecule has 0 unspecified atom stereocenters. The highest BCUT2D eigenvalue weighted by molar-refractivity contribution is 7.99. The van der Waals surface area contributed by atoms with E-state index in [0.29, 0.717) is 0 Å². The Morgan fingerprint density at radius 3 is 2.64 bits per heavy atom. The molecule has 3 atom stereocenters. The van der Waals surface area contributed by atoms with Crippen molar-refractivity contribution in [1.82, 2.24) is 0 Å². The largest absolute Gasteiger partial charge is 0.305 e. The monoisotopic (exact) mass is 324 g/mol. The van der Waals surface area contributed by atoms with Crippen molar-refractivity contribution in [3.63, 3.8) is 0 Å². The SMILES string of the molecule is N#C[C@H]1C(=N)C(C#N)(C#N)[C@@H](c2cccs2)[C@H]2CSCC=C12. The minimum absolute atomic E-state index is 0.0320. The molecule has 1 aliphatic carbocycles. The summed E-state index contributed by atoms with van der Waals surface area (Å²) in [5, 5.41) is 39.3. The number of nitrogens with zero attached hydrogens (tertiary/aromatic N) is 3. The topological polar surface area (TPSA) is 95.2 Å². The number of nitrogens with one attached hydrogen (secondary N) is 1. The molecule has 1 N–H and O–H groups in total. The molecule has 22 heavy (non-hydrogen) atoms. The Morgan fingerprint density at radius 1 is 1.27 bits per heavy atom. The Labute approximate surface area is 137 Å². The molecule has 0 radical (unpaired) electrons. The first-order valence-corrected chi connectivity index (χ1v) is 8.85. The fourth-order valence-electron chi connectivity index (χ4n) is 3.39. The molecule has 0 spiro atoms. The number of hydrogen-bond donors (Lipinski definition) is 1. The summed E-state index contributed by atoms with van der Waals surface area (Å²) in [6.45, 7) is 0. The Hall–Kier alpha value is -2.07. The van der Waals surface area contributed by atoms with Crippen LogP contribution in [-0.4, -0.2) is 17.2 Å². The fraction of sp³-hybridized carbons (Fsp3) is 0.375. The maximum atomic E-state index is 9.74. The minimum atomic E-state index is -1.55. The zero-order valence-corrected chi connectivity index (χ0v) is 13.2. The van der Waals surface area contributed by atoms with Crippen molar-refractivity contribution >= 4 is 28.8 Å². The number of thioether (sulfide) groups is 1. The predicted molar refractivity (Wildman–Crippen MR) is 86.4 cm³/mol. The van der Waals surface area contributed by atoms with Crippen molar-refractivity contribution in [1.29, 1.82) is 21.2 Å². The molecule has 1 aromatic heterocycles. The van der Waals surface area contributed by atoms with Crippen LogP contribution in [0.15, 0.2) is 29.2 Å². The summed E-state index contributed by atoms with van der Waals surface area (Å²) in [7, 11) is 0. The molecule has 3 rings (SSSR count). The molecular formula is C16H12N4S2. The second kappa shape index (κ2) is 5.61. The summed E-state index contributed by atoms with van der Waals surface area (Å²) < 4.78 is 0. The highest BCUT2D eigenvalue weighted by Crippen LogP contribution is 2.55. The van der Waals surface area contributed by atoms with Crippen LogP contribution in [0.4, 0.5) is 0 Å². The second-order valence-corrected chi connectivity index (χ2v) is 7.40. The lowest BCUT2D eigenvalue weighted by Gasteiger charge is -2.44. The average Bonchev–Trinajstić information content (AvgIpc) is 3.08. The van der Waals surface area contributed by atoms with Crippen LogP contribution < -0.4 is 0 Å². The summed E-state index contributed by atoms with van der Waals surface area (Å²) in [5.74, 6) is 0.460. The van der Waals surface area contributed by atoms with Crippen molar-refractivity contribution in [2.75, 3.05) is 11.5 Å². The summed E-state index contributed by atoms with van der Waals surface area (Å²) in [5.41, 5.74) is -0.691. The van der Waals surface area contributed by atoms with Gasteiger partial charge >= 0.3 is 0 Å². The zero-order chi connectivity index (χ0) is 15.7. The molecule has 0 saturated heterocycles. The van der Waals surface area contributed by atoms with E-state index >= 15 is 0 Å². The summed E-state index contributed by atoms with van der Waals surface area (Å²) >= 11 is 3.26. The number of nitriles is 3. The molecule has 1 aromatic rings. The molecule has 4 nitrogen and oxygen atoms in total. The smallest absolute Gasteiger partial charge is 0.190 e. The van der Waals surface area contributed by atoms with Crippen molar-refractivity contribution < 1.29 is 0 Å². The van der Waals surface area contributed by atoms with E-state index in [1.807, 2.05) is 23.6 Å². The van der Waals surface area contributed by atoms with E-state index in [2.05, 4.69) is 18.2 Å². The molecule has 1 aliphatic heterocycles. The lowest BCUT2D eigenvalue weighted by molar-refractivity contribution is 0.384. The van der Waals surface area contributed by atoms with Gasteiger partial charge in [-0.05, 0) is 17.0 Å². The van der Waals surface area contributed by atoms with Crippen LogP contribution in [0.3, 0.4) is 0 Å². The number of allylic oxidation sites excluding steroid dienone is 1. The van der Waals surface area contributed by atoms with Crippen molar-refractivity contribution in [3.05, 3.63) is 34.0 Å². The highest BCUT2D eigenvalue weighted by atomic mass is 32.2. The van der Waals surface area contributed by atoms with Crippen LogP contribution in [0.2, 0.25) is 0 Å². The molecular weight excluding hydrogens is 312 g/mol. The van der Waals surface area contributed by atoms with Gasteiger partial charge in [-0.2, -0.15) is 27.5 Å². The maximum Gasteiger partial charge on any atom is 0.190 e. The molecule has 0 aromatic carbocycles. The van der Waals surface area contributed by atoms with E-state index in [1.54, 1.807) is 11.8 Å². The van der Waals surface area contributed by atoms with Crippen molar-refractivity contribution in [2.45, 2.75) is 5.92 Å². The van der Waals surface area contributed by atoms with E-state index in [9.17, 15) is 15.8 Å². The van der Waals surface area contributed by atoms with Crippen LogP contribution in [0.1, 0.15) is 10.8 Å². The minimum Gasteiger partial charge on any atom is -0.305 e. The van der Waals surface area contributed by atoms with Crippen LogP contribution in [0.5, 0.6) is 0 Å². The molecule has 6 heteroatoms. The van der Waals surface area contributed by atoms with E-state index in [0.717, 1.165) is 22.0 Å². The third kappa shape index (κ3) is 1.91. The molecule has 0 amide bonds. The Bertz CT molecular complexity index is 744. The van der Waals surface area contributed by atoms with Crippen LogP contribution in [0, 0.1) is 56.7 Å². The molecule has 2 aliphatic rings. The number of thiophene rings is 1. The third-order valence-electron chi connectivity index (χ3n) is 4.41.